The van der Waals surface area contributed by atoms with Crippen LogP contribution in [0.15, 0.2) is 0 Å². The van der Waals surface area contributed by atoms with Gasteiger partial charge in [-0.15, -0.1) is 0 Å². The van der Waals surface area contributed by atoms with Gasteiger partial charge in [0.25, 0.3) is 0 Å². The molecule has 14 heteroatoms. The van der Waals surface area contributed by atoms with E-state index in [0.717, 1.165) is 0 Å². The SMILES string of the molecule is CC(C)C(NC(=O)C(CCC(N)=O)NC(=O)C(CO)NC(=O)C(N)CCC(N)=O)C(=O)O. The summed E-state index contributed by atoms with van der Waals surface area (Å²) in [5.74, 6) is -5.92. The van der Waals surface area contributed by atoms with E-state index in [0.29, 0.717) is 0 Å². The fourth-order valence-electron chi connectivity index (χ4n) is 2.50. The summed E-state index contributed by atoms with van der Waals surface area (Å²) in [6.45, 7) is 2.28. The van der Waals surface area contributed by atoms with Crippen molar-refractivity contribution in [3.8, 4) is 0 Å². The maximum Gasteiger partial charge on any atom is 0.326 e. The number of aliphatic carboxylic acids is 1. The van der Waals surface area contributed by atoms with E-state index >= 15 is 0 Å². The number of aliphatic hydroxyl groups excluding tert-OH is 1. The molecule has 0 aliphatic heterocycles. The number of carbonyl (C=O) groups is 6. The Morgan fingerprint density at radius 3 is 1.69 bits per heavy atom. The lowest BCUT2D eigenvalue weighted by Gasteiger charge is -2.25. The molecule has 0 aromatic rings. The van der Waals surface area contributed by atoms with Crippen LogP contribution in [-0.2, 0) is 28.8 Å². The summed E-state index contributed by atoms with van der Waals surface area (Å²) in [6, 6.07) is -5.32. The van der Waals surface area contributed by atoms with Crippen molar-refractivity contribution in [3.05, 3.63) is 0 Å². The van der Waals surface area contributed by atoms with Gasteiger partial charge in [0.1, 0.15) is 18.1 Å². The van der Waals surface area contributed by atoms with E-state index in [9.17, 15) is 39.0 Å². The molecular formula is C18H32N6O8. The van der Waals surface area contributed by atoms with E-state index < -0.39 is 72.2 Å². The zero-order chi connectivity index (χ0) is 25.0. The fraction of sp³-hybridized carbons (Fsp3) is 0.667. The van der Waals surface area contributed by atoms with E-state index in [1.165, 1.54) is 0 Å². The van der Waals surface area contributed by atoms with Crippen molar-refractivity contribution in [1.29, 1.82) is 0 Å². The van der Waals surface area contributed by atoms with E-state index in [-0.39, 0.29) is 25.7 Å². The summed E-state index contributed by atoms with van der Waals surface area (Å²) in [7, 11) is 0. The molecule has 0 saturated heterocycles. The van der Waals surface area contributed by atoms with Crippen LogP contribution in [0.3, 0.4) is 0 Å². The molecule has 4 atom stereocenters. The lowest BCUT2D eigenvalue weighted by molar-refractivity contribution is -0.143. The van der Waals surface area contributed by atoms with Crippen LogP contribution in [0.4, 0.5) is 0 Å². The van der Waals surface area contributed by atoms with Crippen molar-refractivity contribution < 1.29 is 39.0 Å². The third kappa shape index (κ3) is 10.7. The van der Waals surface area contributed by atoms with Crippen molar-refractivity contribution in [2.45, 2.75) is 63.7 Å². The minimum Gasteiger partial charge on any atom is -0.480 e. The molecule has 0 aromatic heterocycles. The van der Waals surface area contributed by atoms with Crippen molar-refractivity contribution in [3.63, 3.8) is 0 Å². The van der Waals surface area contributed by atoms with Gasteiger partial charge >= 0.3 is 5.97 Å². The molecule has 0 radical (unpaired) electrons. The van der Waals surface area contributed by atoms with Gasteiger partial charge in [-0.1, -0.05) is 13.8 Å². The molecular weight excluding hydrogens is 428 g/mol. The Kier molecular flexibility index (Phi) is 12.5. The van der Waals surface area contributed by atoms with Gasteiger partial charge in [0.2, 0.25) is 29.5 Å². The third-order valence-corrected chi connectivity index (χ3v) is 4.40. The van der Waals surface area contributed by atoms with Gasteiger partial charge in [0.15, 0.2) is 0 Å². The third-order valence-electron chi connectivity index (χ3n) is 4.40. The quantitative estimate of drug-likeness (QED) is 0.118. The number of amides is 5. The van der Waals surface area contributed by atoms with Crippen LogP contribution in [0.2, 0.25) is 0 Å². The van der Waals surface area contributed by atoms with Crippen LogP contribution >= 0.6 is 0 Å². The topological polar surface area (TPSA) is 257 Å². The number of carbonyl (C=O) groups excluding carboxylic acids is 5. The predicted octanol–water partition coefficient (Wildman–Crippen LogP) is -3.97. The highest BCUT2D eigenvalue weighted by Crippen LogP contribution is 2.05. The zero-order valence-electron chi connectivity index (χ0n) is 18.0. The van der Waals surface area contributed by atoms with Gasteiger partial charge in [0, 0.05) is 12.8 Å². The van der Waals surface area contributed by atoms with Gasteiger partial charge in [-0.3, -0.25) is 24.0 Å². The van der Waals surface area contributed by atoms with Gasteiger partial charge in [-0.25, -0.2) is 4.79 Å². The average molecular weight is 460 g/mol. The standard InChI is InChI=1S/C18H32N6O8/c1-8(2)14(18(31)32)24-16(29)10(4-6-13(21)27)22-17(30)11(7-25)23-15(28)9(19)3-5-12(20)26/h8-11,14,25H,3-7,19H2,1-2H3,(H2,20,26)(H2,21,27)(H,22,30)(H,23,28)(H,24,29)(H,31,32). The van der Waals surface area contributed by atoms with Gasteiger partial charge in [-0.05, 0) is 18.8 Å². The summed E-state index contributed by atoms with van der Waals surface area (Å²) in [4.78, 5) is 70.3. The number of hydrogen-bond acceptors (Lipinski definition) is 8. The Hall–Kier alpha value is -3.26. The second-order valence-corrected chi connectivity index (χ2v) is 7.49. The summed E-state index contributed by atoms with van der Waals surface area (Å²) in [6.07, 6.45) is -0.801. The van der Waals surface area contributed by atoms with Crippen LogP contribution in [-0.4, -0.2) is 76.5 Å². The molecule has 182 valence electrons. The van der Waals surface area contributed by atoms with Crippen LogP contribution in [0, 0.1) is 5.92 Å². The smallest absolute Gasteiger partial charge is 0.326 e. The Morgan fingerprint density at radius 2 is 1.25 bits per heavy atom. The first-order valence-corrected chi connectivity index (χ1v) is 9.87. The van der Waals surface area contributed by atoms with Crippen LogP contribution in [0.5, 0.6) is 0 Å². The first kappa shape index (κ1) is 28.7. The molecule has 32 heavy (non-hydrogen) atoms. The number of nitrogens with two attached hydrogens (primary N) is 3. The number of nitrogens with one attached hydrogen (secondary N) is 3. The minimum absolute atomic E-state index is 0.0869. The fourth-order valence-corrected chi connectivity index (χ4v) is 2.50. The molecule has 0 bridgehead atoms. The van der Waals surface area contributed by atoms with E-state index in [2.05, 4.69) is 16.0 Å². The Labute approximate surface area is 184 Å². The molecule has 4 unspecified atom stereocenters. The van der Waals surface area contributed by atoms with Crippen LogP contribution in [0.25, 0.3) is 0 Å². The molecule has 0 aliphatic carbocycles. The molecule has 0 spiro atoms. The number of hydrogen-bond donors (Lipinski definition) is 8. The maximum atomic E-state index is 12.5. The first-order chi connectivity index (χ1) is 14.8. The van der Waals surface area contributed by atoms with Crippen LogP contribution < -0.4 is 33.2 Å². The van der Waals surface area contributed by atoms with E-state index in [1.807, 2.05) is 0 Å². The van der Waals surface area contributed by atoms with Crippen molar-refractivity contribution in [2.24, 2.45) is 23.1 Å². The zero-order valence-corrected chi connectivity index (χ0v) is 18.0. The normalized spacial score (nSPS) is 14.5. The Balaban J connectivity index is 5.28. The molecule has 14 nitrogen and oxygen atoms in total. The molecule has 0 rings (SSSR count). The van der Waals surface area contributed by atoms with E-state index in [1.54, 1.807) is 13.8 Å². The van der Waals surface area contributed by atoms with Crippen molar-refractivity contribution in [1.82, 2.24) is 16.0 Å². The number of carboxylic acid groups (broad SMARTS) is 1. The number of rotatable bonds is 15. The summed E-state index contributed by atoms with van der Waals surface area (Å²) in [5.41, 5.74) is 15.7. The summed E-state index contributed by atoms with van der Waals surface area (Å²) < 4.78 is 0. The van der Waals surface area contributed by atoms with Gasteiger partial charge in [-0.2, -0.15) is 0 Å². The Bertz CT molecular complexity index is 714. The molecule has 0 aliphatic rings. The van der Waals surface area contributed by atoms with Crippen LogP contribution in [0.1, 0.15) is 39.5 Å². The highest BCUT2D eigenvalue weighted by Gasteiger charge is 2.31. The summed E-state index contributed by atoms with van der Waals surface area (Å²) in [5, 5.41) is 25.4. The second kappa shape index (κ2) is 13.9. The molecule has 0 heterocycles. The maximum absolute atomic E-state index is 12.5. The largest absolute Gasteiger partial charge is 0.480 e. The van der Waals surface area contributed by atoms with E-state index in [4.69, 9.17) is 17.2 Å². The number of aliphatic hydroxyl groups is 1. The highest BCUT2D eigenvalue weighted by molar-refractivity contribution is 5.94. The second-order valence-electron chi connectivity index (χ2n) is 7.49. The van der Waals surface area contributed by atoms with Gasteiger partial charge < -0.3 is 43.4 Å². The van der Waals surface area contributed by atoms with Crippen molar-refractivity contribution in [2.75, 3.05) is 6.61 Å². The van der Waals surface area contributed by atoms with Crippen molar-refractivity contribution >= 4 is 35.5 Å². The molecule has 5 amide bonds. The Morgan fingerprint density at radius 1 is 0.781 bits per heavy atom. The molecule has 0 aromatic carbocycles. The van der Waals surface area contributed by atoms with Gasteiger partial charge in [0.05, 0.1) is 12.6 Å². The average Bonchev–Trinajstić information content (AvgIpc) is 2.69. The molecule has 0 fully saturated rings. The highest BCUT2D eigenvalue weighted by atomic mass is 16.4. The first-order valence-electron chi connectivity index (χ1n) is 9.87. The molecule has 0 saturated carbocycles. The predicted molar refractivity (Wildman–Crippen MR) is 110 cm³/mol. The molecule has 11 N–H and O–H groups in total. The lowest BCUT2D eigenvalue weighted by Crippen LogP contribution is -2.58. The number of primary amides is 2. The summed E-state index contributed by atoms with van der Waals surface area (Å²) >= 11 is 0. The minimum atomic E-state index is -1.51. The lowest BCUT2D eigenvalue weighted by atomic mass is 10.0. The monoisotopic (exact) mass is 460 g/mol. The number of carboxylic acids is 1.